The van der Waals surface area contributed by atoms with Crippen molar-refractivity contribution in [3.05, 3.63) is 47.6 Å². The van der Waals surface area contributed by atoms with E-state index in [1.807, 2.05) is 0 Å². The van der Waals surface area contributed by atoms with Crippen LogP contribution in [-0.4, -0.2) is 0 Å². The largest absolute Gasteiger partial charge is 0.0804 e. The Morgan fingerprint density at radius 2 is 1.38 bits per heavy atom. The Morgan fingerprint density at radius 1 is 0.923 bits per heavy atom. The maximum Gasteiger partial charge on any atom is 0.00764 e. The van der Waals surface area contributed by atoms with Gasteiger partial charge >= 0.3 is 0 Å². The number of rotatable bonds is 2. The van der Waals surface area contributed by atoms with Crippen LogP contribution in [0.3, 0.4) is 0 Å². The fraction of sp³-hybridized carbons (Fsp3) is 0.385. The summed E-state index contributed by atoms with van der Waals surface area (Å²) in [7, 11) is 0. The van der Waals surface area contributed by atoms with Crippen molar-refractivity contribution in [2.75, 3.05) is 0 Å². The molecule has 0 N–H and O–H groups in total. The molecule has 0 heteroatoms. The van der Waals surface area contributed by atoms with E-state index in [9.17, 15) is 0 Å². The maximum atomic E-state index is 2.32. The van der Waals surface area contributed by atoms with Crippen molar-refractivity contribution in [3.8, 4) is 0 Å². The standard InChI is InChI=1S/C13H16/c1-13(2,11-7-3-4-8-11)12-9-5-6-10-12/h3-7,9H,8,10H2,1-2H3. The normalized spacial score (nSPS) is 20.8. The molecule has 2 aliphatic rings. The van der Waals surface area contributed by atoms with Crippen LogP contribution in [0.15, 0.2) is 47.6 Å². The van der Waals surface area contributed by atoms with Gasteiger partial charge in [-0.05, 0) is 12.8 Å². The molecule has 0 spiro atoms. The van der Waals surface area contributed by atoms with E-state index < -0.39 is 0 Å². The van der Waals surface area contributed by atoms with E-state index in [4.69, 9.17) is 0 Å². The minimum atomic E-state index is 0.257. The molecule has 0 atom stereocenters. The van der Waals surface area contributed by atoms with Gasteiger partial charge in [0.1, 0.15) is 0 Å². The number of allylic oxidation sites excluding steroid dienone is 8. The molecule has 0 nitrogen and oxygen atoms in total. The zero-order valence-corrected chi connectivity index (χ0v) is 8.38. The Labute approximate surface area is 80.3 Å². The topological polar surface area (TPSA) is 0 Å². The molecule has 0 bridgehead atoms. The van der Waals surface area contributed by atoms with Crippen molar-refractivity contribution in [1.82, 2.24) is 0 Å². The van der Waals surface area contributed by atoms with E-state index in [-0.39, 0.29) is 5.41 Å². The first-order valence-corrected chi connectivity index (χ1v) is 4.93. The predicted octanol–water partition coefficient (Wildman–Crippen LogP) is 3.79. The van der Waals surface area contributed by atoms with Crippen molar-refractivity contribution >= 4 is 0 Å². The molecule has 2 rings (SSSR count). The van der Waals surface area contributed by atoms with E-state index in [1.54, 1.807) is 11.1 Å². The summed E-state index contributed by atoms with van der Waals surface area (Å²) >= 11 is 0. The molecule has 0 aromatic rings. The van der Waals surface area contributed by atoms with Crippen LogP contribution < -0.4 is 0 Å². The summed E-state index contributed by atoms with van der Waals surface area (Å²) in [5, 5.41) is 0. The lowest BCUT2D eigenvalue weighted by Gasteiger charge is -2.28. The van der Waals surface area contributed by atoms with Gasteiger partial charge < -0.3 is 0 Å². The van der Waals surface area contributed by atoms with Gasteiger partial charge in [-0.15, -0.1) is 0 Å². The molecule has 0 fully saturated rings. The molecule has 0 heterocycles. The van der Waals surface area contributed by atoms with Crippen molar-refractivity contribution in [2.45, 2.75) is 26.7 Å². The molecule has 0 aromatic carbocycles. The first kappa shape index (κ1) is 8.55. The minimum Gasteiger partial charge on any atom is -0.0804 e. The summed E-state index contributed by atoms with van der Waals surface area (Å²) in [6.07, 6.45) is 15.6. The summed E-state index contributed by atoms with van der Waals surface area (Å²) < 4.78 is 0. The molecule has 2 aliphatic carbocycles. The quantitative estimate of drug-likeness (QED) is 0.594. The first-order valence-electron chi connectivity index (χ1n) is 4.93. The third-order valence-corrected chi connectivity index (χ3v) is 3.15. The second-order valence-corrected chi connectivity index (χ2v) is 4.27. The van der Waals surface area contributed by atoms with Crippen LogP contribution in [0, 0.1) is 5.41 Å². The van der Waals surface area contributed by atoms with Gasteiger partial charge in [0, 0.05) is 5.41 Å². The second kappa shape index (κ2) is 3.02. The lowest BCUT2D eigenvalue weighted by atomic mass is 9.76. The van der Waals surface area contributed by atoms with Crippen LogP contribution in [0.25, 0.3) is 0 Å². The fourth-order valence-corrected chi connectivity index (χ4v) is 2.03. The van der Waals surface area contributed by atoms with Crippen LogP contribution >= 0.6 is 0 Å². The van der Waals surface area contributed by atoms with Crippen LogP contribution in [0.5, 0.6) is 0 Å². The Hall–Kier alpha value is -1.04. The molecule has 0 saturated carbocycles. The summed E-state index contributed by atoms with van der Waals surface area (Å²) in [4.78, 5) is 0. The van der Waals surface area contributed by atoms with Gasteiger partial charge in [0.05, 0.1) is 0 Å². The van der Waals surface area contributed by atoms with Crippen molar-refractivity contribution in [1.29, 1.82) is 0 Å². The van der Waals surface area contributed by atoms with E-state index in [2.05, 4.69) is 50.3 Å². The highest BCUT2D eigenvalue weighted by Crippen LogP contribution is 2.41. The van der Waals surface area contributed by atoms with Gasteiger partial charge in [0.25, 0.3) is 0 Å². The van der Waals surface area contributed by atoms with Gasteiger partial charge in [-0.2, -0.15) is 0 Å². The van der Waals surface area contributed by atoms with Crippen molar-refractivity contribution in [3.63, 3.8) is 0 Å². The number of hydrogen-bond acceptors (Lipinski definition) is 0. The average Bonchev–Trinajstić information content (AvgIpc) is 2.78. The van der Waals surface area contributed by atoms with Crippen molar-refractivity contribution in [2.24, 2.45) is 5.41 Å². The fourth-order valence-electron chi connectivity index (χ4n) is 2.03. The van der Waals surface area contributed by atoms with Crippen LogP contribution in [0.2, 0.25) is 0 Å². The maximum absolute atomic E-state index is 2.32. The van der Waals surface area contributed by atoms with Crippen LogP contribution in [0.4, 0.5) is 0 Å². The van der Waals surface area contributed by atoms with Crippen LogP contribution in [-0.2, 0) is 0 Å². The highest BCUT2D eigenvalue weighted by atomic mass is 14.3. The average molecular weight is 172 g/mol. The zero-order valence-electron chi connectivity index (χ0n) is 8.38. The van der Waals surface area contributed by atoms with E-state index in [0.29, 0.717) is 0 Å². The van der Waals surface area contributed by atoms with Gasteiger partial charge in [0.15, 0.2) is 0 Å². The molecule has 0 unspecified atom stereocenters. The van der Waals surface area contributed by atoms with E-state index in [0.717, 1.165) is 12.8 Å². The molecule has 13 heavy (non-hydrogen) atoms. The first-order chi connectivity index (χ1) is 6.21. The zero-order chi connectivity index (χ0) is 9.31. The monoisotopic (exact) mass is 172 g/mol. The summed E-state index contributed by atoms with van der Waals surface area (Å²) in [5.41, 5.74) is 3.34. The van der Waals surface area contributed by atoms with Gasteiger partial charge in [-0.25, -0.2) is 0 Å². The predicted molar refractivity (Wildman–Crippen MR) is 57.5 cm³/mol. The van der Waals surface area contributed by atoms with Gasteiger partial charge in [-0.3, -0.25) is 0 Å². The summed E-state index contributed by atoms with van der Waals surface area (Å²) in [6, 6.07) is 0. The molecule has 0 radical (unpaired) electrons. The SMILES string of the molecule is CC(C)(C1=CC=CC1)C1=CC=CC1. The van der Waals surface area contributed by atoms with E-state index >= 15 is 0 Å². The van der Waals surface area contributed by atoms with Crippen LogP contribution in [0.1, 0.15) is 26.7 Å². The van der Waals surface area contributed by atoms with Gasteiger partial charge in [0.2, 0.25) is 0 Å². The molecule has 68 valence electrons. The summed E-state index contributed by atoms with van der Waals surface area (Å²) in [6.45, 7) is 4.65. The number of hydrogen-bond donors (Lipinski definition) is 0. The molecule has 0 aliphatic heterocycles. The molecule has 0 aromatic heterocycles. The van der Waals surface area contributed by atoms with Crippen molar-refractivity contribution < 1.29 is 0 Å². The molecular weight excluding hydrogens is 156 g/mol. The van der Waals surface area contributed by atoms with Gasteiger partial charge in [-0.1, -0.05) is 61.4 Å². The molecule has 0 amide bonds. The van der Waals surface area contributed by atoms with E-state index in [1.165, 1.54) is 0 Å². The Balaban J connectivity index is 2.20. The minimum absolute atomic E-state index is 0.257. The lowest BCUT2D eigenvalue weighted by Crippen LogP contribution is -2.16. The molecular formula is C13H16. The summed E-state index contributed by atoms with van der Waals surface area (Å²) in [5.74, 6) is 0. The third-order valence-electron chi connectivity index (χ3n) is 3.15. The Bertz CT molecular complexity index is 290. The third kappa shape index (κ3) is 1.41. The smallest absolute Gasteiger partial charge is 0.00764 e. The Morgan fingerprint density at radius 3 is 1.69 bits per heavy atom. The highest BCUT2D eigenvalue weighted by Gasteiger charge is 2.27. The lowest BCUT2D eigenvalue weighted by molar-refractivity contribution is 0.522. The highest BCUT2D eigenvalue weighted by molar-refractivity contribution is 5.39. The molecule has 0 saturated heterocycles. The Kier molecular flexibility index (Phi) is 1.99. The second-order valence-electron chi connectivity index (χ2n) is 4.27.